The molecule has 0 unspecified atom stereocenters. The highest BCUT2D eigenvalue weighted by Crippen LogP contribution is 2.36. The molecule has 1 aromatic carbocycles. The molecule has 0 spiro atoms. The number of nitrogens with zero attached hydrogens (tertiary/aromatic N) is 4. The number of hydrogen-bond acceptors (Lipinski definition) is 6. The molecule has 0 amide bonds. The summed E-state index contributed by atoms with van der Waals surface area (Å²) in [6.45, 7) is 3.21. The predicted octanol–water partition coefficient (Wildman–Crippen LogP) is 3.19. The van der Waals surface area contributed by atoms with Gasteiger partial charge in [-0.25, -0.2) is 9.97 Å². The first-order valence-corrected chi connectivity index (χ1v) is 9.09. The second kappa shape index (κ2) is 5.56. The Labute approximate surface area is 151 Å². The lowest BCUT2D eigenvalue weighted by Crippen LogP contribution is -2.46. The molecule has 6 heteroatoms. The summed E-state index contributed by atoms with van der Waals surface area (Å²) in [7, 11) is 0. The van der Waals surface area contributed by atoms with Crippen LogP contribution in [0, 0.1) is 0 Å². The maximum absolute atomic E-state index is 9.95. The van der Waals surface area contributed by atoms with Crippen molar-refractivity contribution in [1.29, 1.82) is 0 Å². The molecule has 2 aromatic heterocycles. The van der Waals surface area contributed by atoms with E-state index in [9.17, 15) is 10.2 Å². The Morgan fingerprint density at radius 1 is 1.08 bits per heavy atom. The van der Waals surface area contributed by atoms with E-state index in [1.807, 2.05) is 18.2 Å². The summed E-state index contributed by atoms with van der Waals surface area (Å²) in [6.07, 6.45) is 4.27. The average molecular weight is 348 g/mol. The molecule has 0 saturated carbocycles. The van der Waals surface area contributed by atoms with Crippen LogP contribution >= 0.6 is 0 Å². The molecule has 1 atom stereocenters. The third-order valence-corrected chi connectivity index (χ3v) is 5.57. The molecule has 132 valence electrons. The number of fused-ring (bicyclic) bond motifs is 2. The summed E-state index contributed by atoms with van der Waals surface area (Å²) in [5.74, 6) is 0.477. The Bertz CT molecular complexity index is 1030. The molecule has 6 nitrogen and oxygen atoms in total. The first kappa shape index (κ1) is 15.4. The molecule has 3 heterocycles. The van der Waals surface area contributed by atoms with Crippen LogP contribution in [0.25, 0.3) is 22.0 Å². The highest BCUT2D eigenvalue weighted by atomic mass is 16.3. The first-order valence-electron chi connectivity index (χ1n) is 9.09. The van der Waals surface area contributed by atoms with E-state index in [2.05, 4.69) is 16.8 Å². The Hall–Kier alpha value is -2.89. The number of anilines is 1. The van der Waals surface area contributed by atoms with E-state index in [0.29, 0.717) is 11.4 Å². The molecule has 0 bridgehead atoms. The standard InChI is InChI=1S/C20H20N4O2/c1-11-7-8-24(11)20-21-16-4-2-3-15(16)18(23-20)12-5-6-14-13(9-12)10-17(25)22-19(14)26/h5-6,9-11H,2-4,7-8H2,1H3,(H2,22,25,26)/t11-/m0/s1. The summed E-state index contributed by atoms with van der Waals surface area (Å²) in [5.41, 5.74) is 4.34. The maximum Gasteiger partial charge on any atom is 0.226 e. The Morgan fingerprint density at radius 3 is 2.73 bits per heavy atom. The minimum absolute atomic E-state index is 0.158. The molecule has 1 aliphatic heterocycles. The van der Waals surface area contributed by atoms with Crippen LogP contribution in [0.4, 0.5) is 5.95 Å². The molecule has 1 fully saturated rings. The Kier molecular flexibility index (Phi) is 3.29. The zero-order valence-electron chi connectivity index (χ0n) is 14.6. The summed E-state index contributed by atoms with van der Waals surface area (Å²) >= 11 is 0. The van der Waals surface area contributed by atoms with Crippen LogP contribution in [-0.2, 0) is 12.8 Å². The molecule has 0 radical (unpaired) electrons. The van der Waals surface area contributed by atoms with Crippen LogP contribution in [0.5, 0.6) is 11.8 Å². The van der Waals surface area contributed by atoms with Gasteiger partial charge in [0.2, 0.25) is 17.7 Å². The molecule has 1 aliphatic carbocycles. The van der Waals surface area contributed by atoms with Crippen molar-refractivity contribution in [2.75, 3.05) is 11.4 Å². The summed E-state index contributed by atoms with van der Waals surface area (Å²) < 4.78 is 0. The van der Waals surface area contributed by atoms with Gasteiger partial charge >= 0.3 is 0 Å². The molecule has 5 rings (SSSR count). The highest BCUT2D eigenvalue weighted by molar-refractivity contribution is 5.91. The quantitative estimate of drug-likeness (QED) is 0.740. The van der Waals surface area contributed by atoms with Gasteiger partial charge < -0.3 is 15.1 Å². The van der Waals surface area contributed by atoms with Crippen LogP contribution in [-0.4, -0.2) is 37.8 Å². The number of hydrogen-bond donors (Lipinski definition) is 2. The number of aryl methyl sites for hydroxylation is 1. The summed E-state index contributed by atoms with van der Waals surface area (Å²) in [5, 5.41) is 21.0. The van der Waals surface area contributed by atoms with E-state index >= 15 is 0 Å². The fraction of sp³-hybridized carbons (Fsp3) is 0.350. The van der Waals surface area contributed by atoms with Crippen molar-refractivity contribution >= 4 is 16.7 Å². The van der Waals surface area contributed by atoms with Crippen LogP contribution in [0.15, 0.2) is 24.3 Å². The molecule has 1 saturated heterocycles. The zero-order chi connectivity index (χ0) is 17.8. The first-order chi connectivity index (χ1) is 12.6. The van der Waals surface area contributed by atoms with Crippen LogP contribution in [0.1, 0.15) is 31.0 Å². The smallest absolute Gasteiger partial charge is 0.226 e. The van der Waals surface area contributed by atoms with Crippen LogP contribution in [0.2, 0.25) is 0 Å². The minimum Gasteiger partial charge on any atom is -0.493 e. The topological polar surface area (TPSA) is 82.4 Å². The molecular weight excluding hydrogens is 328 g/mol. The third-order valence-electron chi connectivity index (χ3n) is 5.57. The van der Waals surface area contributed by atoms with E-state index in [0.717, 1.165) is 54.1 Å². The van der Waals surface area contributed by atoms with E-state index in [1.165, 1.54) is 12.0 Å². The van der Waals surface area contributed by atoms with Gasteiger partial charge in [0.25, 0.3) is 0 Å². The SMILES string of the molecule is C[C@H]1CCN1c1nc2c(c(-c3ccc4c(O)nc(O)cc4c3)n1)CCC2. The molecule has 2 N–H and O–H groups in total. The van der Waals surface area contributed by atoms with Gasteiger partial charge in [0.05, 0.1) is 5.69 Å². The third kappa shape index (κ3) is 2.29. The van der Waals surface area contributed by atoms with Gasteiger partial charge in [-0.15, -0.1) is 0 Å². The fourth-order valence-corrected chi connectivity index (χ4v) is 3.97. The largest absolute Gasteiger partial charge is 0.493 e. The summed E-state index contributed by atoms with van der Waals surface area (Å²) in [6, 6.07) is 7.81. The zero-order valence-corrected chi connectivity index (χ0v) is 14.6. The van der Waals surface area contributed by atoms with Gasteiger partial charge in [0, 0.05) is 40.9 Å². The maximum atomic E-state index is 9.95. The summed E-state index contributed by atoms with van der Waals surface area (Å²) in [4.78, 5) is 15.7. The lowest BCUT2D eigenvalue weighted by molar-refractivity contribution is 0.418. The van der Waals surface area contributed by atoms with Crippen molar-refractivity contribution in [3.8, 4) is 23.0 Å². The molecular formula is C20H20N4O2. The van der Waals surface area contributed by atoms with Gasteiger partial charge in [0.1, 0.15) is 0 Å². The minimum atomic E-state index is -0.185. The monoisotopic (exact) mass is 348 g/mol. The second-order valence-corrected chi connectivity index (χ2v) is 7.22. The molecule has 2 aliphatic rings. The van der Waals surface area contributed by atoms with Crippen molar-refractivity contribution in [2.45, 2.75) is 38.6 Å². The van der Waals surface area contributed by atoms with Crippen molar-refractivity contribution in [3.05, 3.63) is 35.5 Å². The van der Waals surface area contributed by atoms with Gasteiger partial charge in [-0.05, 0) is 50.1 Å². The van der Waals surface area contributed by atoms with Crippen molar-refractivity contribution in [1.82, 2.24) is 15.0 Å². The number of pyridine rings is 1. The number of aromatic hydroxyl groups is 2. The lowest BCUT2D eigenvalue weighted by Gasteiger charge is -2.39. The fourth-order valence-electron chi connectivity index (χ4n) is 3.97. The Balaban J connectivity index is 1.68. The number of benzene rings is 1. The van der Waals surface area contributed by atoms with Crippen molar-refractivity contribution in [3.63, 3.8) is 0 Å². The van der Waals surface area contributed by atoms with Gasteiger partial charge in [-0.3, -0.25) is 0 Å². The number of aromatic nitrogens is 3. The van der Waals surface area contributed by atoms with E-state index in [1.54, 1.807) is 6.07 Å². The van der Waals surface area contributed by atoms with E-state index < -0.39 is 0 Å². The van der Waals surface area contributed by atoms with Gasteiger partial charge in [-0.2, -0.15) is 4.98 Å². The second-order valence-electron chi connectivity index (χ2n) is 7.22. The normalized spacial score (nSPS) is 18.8. The lowest BCUT2D eigenvalue weighted by atomic mass is 10.0. The molecule has 26 heavy (non-hydrogen) atoms. The highest BCUT2D eigenvalue weighted by Gasteiger charge is 2.29. The van der Waals surface area contributed by atoms with Crippen LogP contribution in [0.3, 0.4) is 0 Å². The predicted molar refractivity (Wildman–Crippen MR) is 99.5 cm³/mol. The average Bonchev–Trinajstić information content (AvgIpc) is 3.07. The van der Waals surface area contributed by atoms with E-state index in [4.69, 9.17) is 9.97 Å². The van der Waals surface area contributed by atoms with Crippen molar-refractivity contribution in [2.24, 2.45) is 0 Å². The number of rotatable bonds is 2. The van der Waals surface area contributed by atoms with Gasteiger partial charge in [-0.1, -0.05) is 6.07 Å². The van der Waals surface area contributed by atoms with E-state index in [-0.39, 0.29) is 11.8 Å². The molecule has 3 aromatic rings. The van der Waals surface area contributed by atoms with Crippen LogP contribution < -0.4 is 4.90 Å². The Morgan fingerprint density at radius 2 is 1.96 bits per heavy atom. The van der Waals surface area contributed by atoms with Gasteiger partial charge in [0.15, 0.2) is 0 Å². The van der Waals surface area contributed by atoms with Crippen molar-refractivity contribution < 1.29 is 10.2 Å².